The summed E-state index contributed by atoms with van der Waals surface area (Å²) in [5.74, 6) is 0. The van der Waals surface area contributed by atoms with Crippen molar-refractivity contribution in [2.75, 3.05) is 13.6 Å². The molecule has 0 bridgehead atoms. The zero-order valence-electron chi connectivity index (χ0n) is 7.93. The average molecular weight is 263 g/mol. The van der Waals surface area contributed by atoms with E-state index in [0.717, 1.165) is 13.1 Å². The van der Waals surface area contributed by atoms with Crippen LogP contribution in [0.2, 0.25) is 0 Å². The molecule has 1 rings (SSSR count). The quantitative estimate of drug-likeness (QED) is 0.851. The molecule has 0 saturated heterocycles. The summed E-state index contributed by atoms with van der Waals surface area (Å²) in [6, 6.07) is 4.75. The number of nitrogens with one attached hydrogen (secondary N) is 2. The Morgan fingerprint density at radius 1 is 1.54 bits per heavy atom. The van der Waals surface area contributed by atoms with Gasteiger partial charge in [-0.05, 0) is 42.0 Å². The maximum absolute atomic E-state index is 3.45. The van der Waals surface area contributed by atoms with Crippen molar-refractivity contribution >= 4 is 27.3 Å². The Bertz CT molecular complexity index is 250. The zero-order valence-corrected chi connectivity index (χ0v) is 10.3. The minimum atomic E-state index is 0.519. The highest BCUT2D eigenvalue weighted by Crippen LogP contribution is 2.21. The largest absolute Gasteiger partial charge is 0.318 e. The van der Waals surface area contributed by atoms with E-state index in [9.17, 15) is 0 Å². The van der Waals surface area contributed by atoms with E-state index in [0.29, 0.717) is 6.04 Å². The van der Waals surface area contributed by atoms with E-state index in [1.54, 1.807) is 11.3 Å². The second-order valence-electron chi connectivity index (χ2n) is 3.05. The smallest absolute Gasteiger partial charge is 0.0701 e. The predicted molar refractivity (Wildman–Crippen MR) is 62.2 cm³/mol. The van der Waals surface area contributed by atoms with Gasteiger partial charge >= 0.3 is 0 Å². The fourth-order valence-corrected chi connectivity index (χ4v) is 2.53. The maximum atomic E-state index is 3.45. The van der Waals surface area contributed by atoms with Crippen molar-refractivity contribution in [1.29, 1.82) is 0 Å². The van der Waals surface area contributed by atoms with Gasteiger partial charge in [-0.2, -0.15) is 0 Å². The molecule has 2 nitrogen and oxygen atoms in total. The third kappa shape index (κ3) is 4.22. The summed E-state index contributed by atoms with van der Waals surface area (Å²) in [5.41, 5.74) is 0. The highest BCUT2D eigenvalue weighted by Gasteiger charge is 2.01. The van der Waals surface area contributed by atoms with Crippen LogP contribution >= 0.6 is 27.3 Å². The van der Waals surface area contributed by atoms with Crippen LogP contribution in [-0.2, 0) is 6.54 Å². The van der Waals surface area contributed by atoms with Crippen LogP contribution in [0.15, 0.2) is 15.9 Å². The van der Waals surface area contributed by atoms with Crippen LogP contribution < -0.4 is 10.6 Å². The number of hydrogen-bond acceptors (Lipinski definition) is 3. The van der Waals surface area contributed by atoms with E-state index in [1.165, 1.54) is 8.66 Å². The van der Waals surface area contributed by atoms with E-state index in [1.807, 2.05) is 7.05 Å². The van der Waals surface area contributed by atoms with E-state index in [2.05, 4.69) is 45.6 Å². The van der Waals surface area contributed by atoms with Crippen LogP contribution in [0.1, 0.15) is 11.8 Å². The summed E-state index contributed by atoms with van der Waals surface area (Å²) in [4.78, 5) is 1.37. The topological polar surface area (TPSA) is 24.1 Å². The summed E-state index contributed by atoms with van der Waals surface area (Å²) in [6.07, 6.45) is 0. The molecular weight excluding hydrogens is 248 g/mol. The molecule has 1 aromatic heterocycles. The van der Waals surface area contributed by atoms with Gasteiger partial charge in [-0.25, -0.2) is 0 Å². The molecule has 1 atom stereocenters. The summed E-state index contributed by atoms with van der Waals surface area (Å²) in [6.45, 7) is 4.14. The third-order valence-electron chi connectivity index (χ3n) is 1.76. The number of hydrogen-bond donors (Lipinski definition) is 2. The SMILES string of the molecule is CNCC(C)NCc1ccc(Br)s1. The van der Waals surface area contributed by atoms with Crippen molar-refractivity contribution < 1.29 is 0 Å². The van der Waals surface area contributed by atoms with Crippen molar-refractivity contribution in [3.63, 3.8) is 0 Å². The molecule has 1 aromatic rings. The van der Waals surface area contributed by atoms with Gasteiger partial charge in [-0.3, -0.25) is 0 Å². The molecular formula is C9H15BrN2S. The maximum Gasteiger partial charge on any atom is 0.0701 e. The summed E-state index contributed by atoms with van der Waals surface area (Å²) in [5, 5.41) is 6.58. The Labute approximate surface area is 91.9 Å². The first kappa shape index (κ1) is 11.2. The molecule has 4 heteroatoms. The van der Waals surface area contributed by atoms with E-state index in [-0.39, 0.29) is 0 Å². The Hall–Kier alpha value is 0.1000. The van der Waals surface area contributed by atoms with Gasteiger partial charge in [0.05, 0.1) is 3.79 Å². The van der Waals surface area contributed by atoms with Crippen molar-refractivity contribution in [3.8, 4) is 0 Å². The first-order valence-electron chi connectivity index (χ1n) is 4.34. The molecule has 0 aliphatic heterocycles. The van der Waals surface area contributed by atoms with Crippen LogP contribution in [0.3, 0.4) is 0 Å². The lowest BCUT2D eigenvalue weighted by Crippen LogP contribution is -2.34. The standard InChI is InChI=1S/C9H15BrN2S/c1-7(5-11-2)12-6-8-3-4-9(10)13-8/h3-4,7,11-12H,5-6H2,1-2H3. The molecule has 0 radical (unpaired) electrons. The predicted octanol–water partition coefficient (Wildman–Crippen LogP) is 2.21. The first-order chi connectivity index (χ1) is 6.22. The Morgan fingerprint density at radius 3 is 2.85 bits per heavy atom. The fraction of sp³-hybridized carbons (Fsp3) is 0.556. The normalized spacial score (nSPS) is 13.2. The van der Waals surface area contributed by atoms with Crippen molar-refractivity contribution in [3.05, 3.63) is 20.8 Å². The highest BCUT2D eigenvalue weighted by atomic mass is 79.9. The highest BCUT2D eigenvalue weighted by molar-refractivity contribution is 9.11. The lowest BCUT2D eigenvalue weighted by molar-refractivity contribution is 0.526. The summed E-state index contributed by atoms with van der Waals surface area (Å²) >= 11 is 5.23. The number of thiophene rings is 1. The van der Waals surface area contributed by atoms with E-state index >= 15 is 0 Å². The number of likely N-dealkylation sites (N-methyl/N-ethyl adjacent to an activating group) is 1. The zero-order chi connectivity index (χ0) is 9.68. The molecule has 1 heterocycles. The van der Waals surface area contributed by atoms with Crippen molar-refractivity contribution in [2.24, 2.45) is 0 Å². The lowest BCUT2D eigenvalue weighted by Gasteiger charge is -2.11. The van der Waals surface area contributed by atoms with Crippen LogP contribution in [0.5, 0.6) is 0 Å². The summed E-state index contributed by atoms with van der Waals surface area (Å²) in [7, 11) is 1.97. The van der Waals surface area contributed by atoms with Crippen LogP contribution in [0.4, 0.5) is 0 Å². The minimum absolute atomic E-state index is 0.519. The second-order valence-corrected chi connectivity index (χ2v) is 5.59. The van der Waals surface area contributed by atoms with Gasteiger partial charge in [0.15, 0.2) is 0 Å². The molecule has 0 spiro atoms. The Balaban J connectivity index is 2.26. The minimum Gasteiger partial charge on any atom is -0.318 e. The van der Waals surface area contributed by atoms with Gasteiger partial charge in [-0.1, -0.05) is 0 Å². The van der Waals surface area contributed by atoms with Gasteiger partial charge in [0.1, 0.15) is 0 Å². The van der Waals surface area contributed by atoms with E-state index in [4.69, 9.17) is 0 Å². The number of halogens is 1. The van der Waals surface area contributed by atoms with Crippen LogP contribution in [0.25, 0.3) is 0 Å². The molecule has 0 aromatic carbocycles. The Kier molecular flexibility index (Phi) is 4.94. The fourth-order valence-electron chi connectivity index (χ4n) is 1.10. The van der Waals surface area contributed by atoms with Gasteiger partial charge in [0.2, 0.25) is 0 Å². The van der Waals surface area contributed by atoms with Gasteiger partial charge in [-0.15, -0.1) is 11.3 Å². The van der Waals surface area contributed by atoms with Gasteiger partial charge in [0, 0.05) is 24.0 Å². The molecule has 74 valence electrons. The van der Waals surface area contributed by atoms with Crippen LogP contribution in [0, 0.1) is 0 Å². The molecule has 1 unspecified atom stereocenters. The second kappa shape index (κ2) is 5.75. The Morgan fingerprint density at radius 2 is 2.31 bits per heavy atom. The molecule has 0 aliphatic carbocycles. The monoisotopic (exact) mass is 262 g/mol. The van der Waals surface area contributed by atoms with E-state index < -0.39 is 0 Å². The summed E-state index contributed by atoms with van der Waals surface area (Å²) < 4.78 is 1.20. The molecule has 2 N–H and O–H groups in total. The molecule has 0 fully saturated rings. The molecule has 0 aliphatic rings. The third-order valence-corrected chi connectivity index (χ3v) is 3.39. The lowest BCUT2D eigenvalue weighted by atomic mass is 10.3. The van der Waals surface area contributed by atoms with Crippen molar-refractivity contribution in [1.82, 2.24) is 10.6 Å². The van der Waals surface area contributed by atoms with Crippen molar-refractivity contribution in [2.45, 2.75) is 19.5 Å². The molecule has 0 amide bonds. The van der Waals surface area contributed by atoms with Gasteiger partial charge in [0.25, 0.3) is 0 Å². The number of rotatable bonds is 5. The molecule has 13 heavy (non-hydrogen) atoms. The van der Waals surface area contributed by atoms with Crippen LogP contribution in [-0.4, -0.2) is 19.6 Å². The van der Waals surface area contributed by atoms with Gasteiger partial charge < -0.3 is 10.6 Å². The average Bonchev–Trinajstić information content (AvgIpc) is 2.49. The first-order valence-corrected chi connectivity index (χ1v) is 5.95. The molecule has 0 saturated carbocycles.